The molecule has 4 saturated carbocycles. The molecule has 1 amide bonds. The van der Waals surface area contributed by atoms with Crippen LogP contribution in [0.4, 0.5) is 5.82 Å². The molecule has 4 bridgehead atoms. The van der Waals surface area contributed by atoms with E-state index in [1.165, 1.54) is 38.5 Å². The van der Waals surface area contributed by atoms with Gasteiger partial charge >= 0.3 is 0 Å². The molecule has 0 atom stereocenters. The van der Waals surface area contributed by atoms with Crippen molar-refractivity contribution >= 4 is 11.7 Å². The van der Waals surface area contributed by atoms with E-state index in [2.05, 4.69) is 29.5 Å². The molecule has 0 radical (unpaired) electrons. The molecule has 5 rings (SSSR count). The minimum atomic E-state index is 0.0514. The van der Waals surface area contributed by atoms with E-state index in [0.29, 0.717) is 11.6 Å². The Morgan fingerprint density at radius 1 is 1.13 bits per heavy atom. The van der Waals surface area contributed by atoms with Crippen LogP contribution < -0.4 is 10.6 Å². The van der Waals surface area contributed by atoms with Gasteiger partial charge in [0.05, 0.1) is 5.56 Å². The van der Waals surface area contributed by atoms with Crippen LogP contribution in [-0.4, -0.2) is 22.5 Å². The summed E-state index contributed by atoms with van der Waals surface area (Å²) >= 11 is 0. The molecular formula is C19H27N3O. The van der Waals surface area contributed by atoms with Crippen LogP contribution in [0.2, 0.25) is 0 Å². The lowest BCUT2D eigenvalue weighted by molar-refractivity contribution is -0.0167. The number of nitrogens with one attached hydrogen (secondary N) is 2. The molecule has 124 valence electrons. The first kappa shape index (κ1) is 15.0. The summed E-state index contributed by atoms with van der Waals surface area (Å²) in [4.78, 5) is 17.1. The van der Waals surface area contributed by atoms with E-state index in [-0.39, 0.29) is 11.4 Å². The predicted octanol–water partition coefficient (Wildman–Crippen LogP) is 3.60. The maximum atomic E-state index is 12.7. The van der Waals surface area contributed by atoms with Gasteiger partial charge in [-0.05, 0) is 82.3 Å². The molecular weight excluding hydrogens is 286 g/mol. The van der Waals surface area contributed by atoms with Crippen molar-refractivity contribution in [3.05, 3.63) is 23.9 Å². The van der Waals surface area contributed by atoms with Crippen molar-refractivity contribution in [1.29, 1.82) is 0 Å². The molecule has 1 aromatic rings. The van der Waals surface area contributed by atoms with Gasteiger partial charge < -0.3 is 10.6 Å². The Bertz CT molecular complexity index is 558. The van der Waals surface area contributed by atoms with Gasteiger partial charge in [0.1, 0.15) is 5.82 Å². The number of pyridine rings is 1. The van der Waals surface area contributed by atoms with Gasteiger partial charge in [-0.25, -0.2) is 4.98 Å². The number of carbonyl (C=O) groups is 1. The van der Waals surface area contributed by atoms with Crippen molar-refractivity contribution in [2.75, 3.05) is 5.32 Å². The van der Waals surface area contributed by atoms with Crippen molar-refractivity contribution < 1.29 is 4.79 Å². The van der Waals surface area contributed by atoms with Crippen LogP contribution in [0.15, 0.2) is 18.3 Å². The second-order valence-electron chi connectivity index (χ2n) is 8.38. The monoisotopic (exact) mass is 313 g/mol. The normalized spacial score (nSPS) is 34.7. The first-order valence-corrected chi connectivity index (χ1v) is 9.06. The summed E-state index contributed by atoms with van der Waals surface area (Å²) in [6, 6.07) is 4.12. The highest BCUT2D eigenvalue weighted by atomic mass is 16.1. The maximum Gasteiger partial charge on any atom is 0.253 e. The van der Waals surface area contributed by atoms with Gasteiger partial charge in [0.2, 0.25) is 0 Å². The average Bonchev–Trinajstić information content (AvgIpc) is 2.45. The minimum absolute atomic E-state index is 0.0514. The second kappa shape index (κ2) is 5.50. The van der Waals surface area contributed by atoms with Gasteiger partial charge in [-0.15, -0.1) is 0 Å². The molecule has 4 heteroatoms. The number of anilines is 1. The number of carbonyl (C=O) groups excluding carboxylic acids is 1. The van der Waals surface area contributed by atoms with E-state index in [1.807, 2.05) is 12.1 Å². The average molecular weight is 313 g/mol. The van der Waals surface area contributed by atoms with Crippen molar-refractivity contribution in [1.82, 2.24) is 10.3 Å². The molecule has 1 aromatic heterocycles. The van der Waals surface area contributed by atoms with E-state index in [4.69, 9.17) is 0 Å². The van der Waals surface area contributed by atoms with Crippen LogP contribution >= 0.6 is 0 Å². The smallest absolute Gasteiger partial charge is 0.253 e. The molecule has 0 aliphatic heterocycles. The highest BCUT2D eigenvalue weighted by Gasteiger charge is 2.51. The first-order valence-electron chi connectivity index (χ1n) is 9.06. The van der Waals surface area contributed by atoms with Crippen LogP contribution in [0.1, 0.15) is 62.7 Å². The lowest BCUT2D eigenvalue weighted by Gasteiger charge is -2.56. The van der Waals surface area contributed by atoms with Crippen LogP contribution in [0.3, 0.4) is 0 Å². The topological polar surface area (TPSA) is 54.0 Å². The minimum Gasteiger partial charge on any atom is -0.368 e. The standard InChI is InChI=1S/C19H27N3O/c1-12(2)21-17-4-3-16(11-20-17)18(23)22-19-8-13-5-14(9-19)7-15(6-13)10-19/h3-4,11-15H,5-10H2,1-2H3,(H,20,21)(H,22,23). The fourth-order valence-corrected chi connectivity index (χ4v) is 5.49. The van der Waals surface area contributed by atoms with Gasteiger partial charge in [0.15, 0.2) is 0 Å². The summed E-state index contributed by atoms with van der Waals surface area (Å²) < 4.78 is 0. The van der Waals surface area contributed by atoms with Crippen LogP contribution in [0, 0.1) is 17.8 Å². The molecule has 4 aliphatic carbocycles. The van der Waals surface area contributed by atoms with Gasteiger partial charge in [-0.3, -0.25) is 4.79 Å². The fraction of sp³-hybridized carbons (Fsp3) is 0.684. The summed E-state index contributed by atoms with van der Waals surface area (Å²) in [5, 5.41) is 6.66. The highest BCUT2D eigenvalue weighted by molar-refractivity contribution is 5.94. The summed E-state index contributed by atoms with van der Waals surface area (Å²) in [5.41, 5.74) is 0.746. The Labute approximate surface area is 138 Å². The second-order valence-corrected chi connectivity index (χ2v) is 8.38. The summed E-state index contributed by atoms with van der Waals surface area (Å²) in [6.07, 6.45) is 9.44. The molecule has 0 unspecified atom stereocenters. The number of nitrogens with zero attached hydrogens (tertiary/aromatic N) is 1. The molecule has 4 fully saturated rings. The highest BCUT2D eigenvalue weighted by Crippen LogP contribution is 2.55. The lowest BCUT2D eigenvalue weighted by Crippen LogP contribution is -2.59. The Balaban J connectivity index is 1.45. The molecule has 23 heavy (non-hydrogen) atoms. The number of amides is 1. The van der Waals surface area contributed by atoms with Crippen molar-refractivity contribution in [2.45, 2.75) is 64.0 Å². The lowest BCUT2D eigenvalue weighted by atomic mass is 9.53. The zero-order chi connectivity index (χ0) is 16.0. The van der Waals surface area contributed by atoms with Gasteiger partial charge in [-0.1, -0.05) is 0 Å². The fourth-order valence-electron chi connectivity index (χ4n) is 5.49. The van der Waals surface area contributed by atoms with E-state index in [1.54, 1.807) is 6.20 Å². The molecule has 4 aliphatic rings. The van der Waals surface area contributed by atoms with Crippen LogP contribution in [-0.2, 0) is 0 Å². The molecule has 4 nitrogen and oxygen atoms in total. The molecule has 0 aromatic carbocycles. The Kier molecular flexibility index (Phi) is 3.58. The van der Waals surface area contributed by atoms with Crippen LogP contribution in [0.25, 0.3) is 0 Å². The van der Waals surface area contributed by atoms with Gasteiger partial charge in [-0.2, -0.15) is 0 Å². The summed E-state index contributed by atoms with van der Waals surface area (Å²) in [6.45, 7) is 4.16. The zero-order valence-electron chi connectivity index (χ0n) is 14.1. The van der Waals surface area contributed by atoms with Crippen molar-refractivity contribution in [2.24, 2.45) is 17.8 Å². The quantitative estimate of drug-likeness (QED) is 0.893. The number of aromatic nitrogens is 1. The summed E-state index contributed by atoms with van der Waals surface area (Å²) in [7, 11) is 0. The van der Waals surface area contributed by atoms with E-state index >= 15 is 0 Å². The maximum absolute atomic E-state index is 12.7. The molecule has 0 spiro atoms. The first-order chi connectivity index (χ1) is 11.0. The Morgan fingerprint density at radius 2 is 1.74 bits per heavy atom. The Morgan fingerprint density at radius 3 is 2.22 bits per heavy atom. The van der Waals surface area contributed by atoms with Crippen LogP contribution in [0.5, 0.6) is 0 Å². The molecule has 1 heterocycles. The van der Waals surface area contributed by atoms with E-state index in [9.17, 15) is 4.79 Å². The van der Waals surface area contributed by atoms with Crippen molar-refractivity contribution in [3.63, 3.8) is 0 Å². The number of hydrogen-bond donors (Lipinski definition) is 2. The van der Waals surface area contributed by atoms with E-state index < -0.39 is 0 Å². The number of rotatable bonds is 4. The predicted molar refractivity (Wildman–Crippen MR) is 91.4 cm³/mol. The van der Waals surface area contributed by atoms with E-state index in [0.717, 1.165) is 23.6 Å². The third-order valence-corrected chi connectivity index (χ3v) is 5.88. The molecule has 0 saturated heterocycles. The van der Waals surface area contributed by atoms with Gasteiger partial charge in [0, 0.05) is 17.8 Å². The SMILES string of the molecule is CC(C)Nc1ccc(C(=O)NC23CC4CC(CC(C4)C2)C3)cn1. The molecule has 2 N–H and O–H groups in total. The third kappa shape index (κ3) is 2.96. The van der Waals surface area contributed by atoms with Gasteiger partial charge in [0.25, 0.3) is 5.91 Å². The van der Waals surface area contributed by atoms with Crippen molar-refractivity contribution in [3.8, 4) is 0 Å². The zero-order valence-corrected chi connectivity index (χ0v) is 14.1. The summed E-state index contributed by atoms with van der Waals surface area (Å²) in [5.74, 6) is 3.41. The number of hydrogen-bond acceptors (Lipinski definition) is 3. The largest absolute Gasteiger partial charge is 0.368 e. The third-order valence-electron chi connectivity index (χ3n) is 5.88. The Hall–Kier alpha value is -1.58.